The van der Waals surface area contributed by atoms with Gasteiger partial charge in [-0.3, -0.25) is 0 Å². The SMILES string of the molecule is NC1CC(NS(=O)(=O)CC2CCCC2)C1. The maximum atomic E-state index is 11.7. The van der Waals surface area contributed by atoms with Crippen molar-refractivity contribution in [2.75, 3.05) is 5.75 Å². The molecule has 2 aliphatic rings. The first-order chi connectivity index (χ1) is 7.05. The second kappa shape index (κ2) is 4.39. The molecule has 4 nitrogen and oxygen atoms in total. The lowest BCUT2D eigenvalue weighted by Gasteiger charge is -2.32. The van der Waals surface area contributed by atoms with Crippen LogP contribution in [0.2, 0.25) is 0 Å². The van der Waals surface area contributed by atoms with E-state index in [9.17, 15) is 8.42 Å². The van der Waals surface area contributed by atoms with Gasteiger partial charge in [0.15, 0.2) is 0 Å². The average molecular weight is 232 g/mol. The third-order valence-electron chi connectivity index (χ3n) is 3.45. The number of hydrogen-bond acceptors (Lipinski definition) is 3. The fraction of sp³-hybridized carbons (Fsp3) is 1.00. The van der Waals surface area contributed by atoms with Crippen LogP contribution in [0, 0.1) is 5.92 Å². The van der Waals surface area contributed by atoms with Crippen LogP contribution in [-0.4, -0.2) is 26.3 Å². The van der Waals surface area contributed by atoms with Gasteiger partial charge in [0.25, 0.3) is 0 Å². The highest BCUT2D eigenvalue weighted by Gasteiger charge is 2.31. The van der Waals surface area contributed by atoms with Crippen molar-refractivity contribution in [2.45, 2.75) is 50.6 Å². The van der Waals surface area contributed by atoms with Crippen molar-refractivity contribution in [1.29, 1.82) is 0 Å². The van der Waals surface area contributed by atoms with Crippen molar-refractivity contribution in [3.8, 4) is 0 Å². The molecular weight excluding hydrogens is 212 g/mol. The summed E-state index contributed by atoms with van der Waals surface area (Å²) in [5.41, 5.74) is 5.62. The molecular formula is C10H20N2O2S. The molecule has 88 valence electrons. The number of nitrogens with one attached hydrogen (secondary N) is 1. The molecule has 0 radical (unpaired) electrons. The van der Waals surface area contributed by atoms with Crippen LogP contribution >= 0.6 is 0 Å². The van der Waals surface area contributed by atoms with E-state index in [2.05, 4.69) is 4.72 Å². The number of rotatable bonds is 4. The van der Waals surface area contributed by atoms with E-state index in [-0.39, 0.29) is 12.1 Å². The van der Waals surface area contributed by atoms with Crippen molar-refractivity contribution < 1.29 is 8.42 Å². The fourth-order valence-corrected chi connectivity index (χ4v) is 4.30. The highest BCUT2D eigenvalue weighted by Crippen LogP contribution is 2.26. The summed E-state index contributed by atoms with van der Waals surface area (Å²) in [6.07, 6.45) is 6.12. The predicted octanol–water partition coefficient (Wildman–Crippen LogP) is 0.586. The molecule has 0 bridgehead atoms. The van der Waals surface area contributed by atoms with E-state index in [0.29, 0.717) is 11.7 Å². The van der Waals surface area contributed by atoms with E-state index in [1.54, 1.807) is 0 Å². The summed E-state index contributed by atoms with van der Waals surface area (Å²) in [7, 11) is -3.05. The van der Waals surface area contributed by atoms with E-state index in [1.165, 1.54) is 12.8 Å². The van der Waals surface area contributed by atoms with Gasteiger partial charge in [-0.2, -0.15) is 0 Å². The van der Waals surface area contributed by atoms with Gasteiger partial charge < -0.3 is 5.73 Å². The van der Waals surface area contributed by atoms with Gasteiger partial charge in [0.1, 0.15) is 0 Å². The van der Waals surface area contributed by atoms with Gasteiger partial charge in [0, 0.05) is 12.1 Å². The number of sulfonamides is 1. The maximum absolute atomic E-state index is 11.7. The molecule has 2 fully saturated rings. The third-order valence-corrected chi connectivity index (χ3v) is 5.05. The lowest BCUT2D eigenvalue weighted by Crippen LogP contribution is -2.51. The van der Waals surface area contributed by atoms with Crippen LogP contribution < -0.4 is 10.5 Å². The molecule has 2 aliphatic carbocycles. The summed E-state index contributed by atoms with van der Waals surface area (Å²) in [6.45, 7) is 0. The number of nitrogens with two attached hydrogens (primary N) is 1. The molecule has 3 N–H and O–H groups in total. The highest BCUT2D eigenvalue weighted by molar-refractivity contribution is 7.89. The minimum Gasteiger partial charge on any atom is -0.328 e. The Kier molecular flexibility index (Phi) is 3.33. The molecule has 0 aromatic rings. The molecule has 0 aliphatic heterocycles. The summed E-state index contributed by atoms with van der Waals surface area (Å²) in [5, 5.41) is 0. The van der Waals surface area contributed by atoms with Gasteiger partial charge in [-0.15, -0.1) is 0 Å². The molecule has 0 aromatic heterocycles. The van der Waals surface area contributed by atoms with Crippen molar-refractivity contribution in [3.63, 3.8) is 0 Å². The molecule has 5 heteroatoms. The van der Waals surface area contributed by atoms with E-state index in [0.717, 1.165) is 25.7 Å². The Morgan fingerprint density at radius 3 is 2.33 bits per heavy atom. The Labute approximate surface area is 91.7 Å². The Balaban J connectivity index is 1.78. The van der Waals surface area contributed by atoms with Crippen molar-refractivity contribution in [3.05, 3.63) is 0 Å². The average Bonchev–Trinajstić information content (AvgIpc) is 2.52. The van der Waals surface area contributed by atoms with E-state index in [1.807, 2.05) is 0 Å². The lowest BCUT2D eigenvalue weighted by molar-refractivity contribution is 0.326. The second-order valence-corrected chi connectivity index (χ2v) is 6.78. The molecule has 0 unspecified atom stereocenters. The summed E-state index contributed by atoms with van der Waals surface area (Å²) < 4.78 is 26.2. The molecule has 0 spiro atoms. The van der Waals surface area contributed by atoms with Crippen LogP contribution in [0.15, 0.2) is 0 Å². The zero-order chi connectivity index (χ0) is 10.9. The molecule has 0 aromatic carbocycles. The van der Waals surface area contributed by atoms with Crippen LogP contribution in [0.25, 0.3) is 0 Å². The smallest absolute Gasteiger partial charge is 0.212 e. The van der Waals surface area contributed by atoms with Crippen LogP contribution in [0.3, 0.4) is 0 Å². The van der Waals surface area contributed by atoms with Gasteiger partial charge in [-0.1, -0.05) is 12.8 Å². The van der Waals surface area contributed by atoms with Gasteiger partial charge in [0.05, 0.1) is 5.75 Å². The zero-order valence-corrected chi connectivity index (χ0v) is 9.80. The quantitative estimate of drug-likeness (QED) is 0.745. The topological polar surface area (TPSA) is 72.2 Å². The lowest BCUT2D eigenvalue weighted by atomic mass is 9.89. The molecule has 0 amide bonds. The molecule has 0 heterocycles. The standard InChI is InChI=1S/C10H20N2O2S/c11-9-5-10(6-9)12-15(13,14)7-8-3-1-2-4-8/h8-10,12H,1-7,11H2. The van der Waals surface area contributed by atoms with E-state index in [4.69, 9.17) is 5.73 Å². The van der Waals surface area contributed by atoms with Crippen molar-refractivity contribution >= 4 is 10.0 Å². The normalized spacial score (nSPS) is 32.9. The Morgan fingerprint density at radius 2 is 1.80 bits per heavy atom. The Hall–Kier alpha value is -0.130. The predicted molar refractivity (Wildman–Crippen MR) is 59.9 cm³/mol. The first kappa shape index (κ1) is 11.4. The molecule has 0 saturated heterocycles. The van der Waals surface area contributed by atoms with E-state index >= 15 is 0 Å². The molecule has 15 heavy (non-hydrogen) atoms. The summed E-state index contributed by atoms with van der Waals surface area (Å²) in [4.78, 5) is 0. The van der Waals surface area contributed by atoms with Gasteiger partial charge >= 0.3 is 0 Å². The van der Waals surface area contributed by atoms with Crippen LogP contribution in [0.1, 0.15) is 38.5 Å². The van der Waals surface area contributed by atoms with Gasteiger partial charge in [-0.25, -0.2) is 13.1 Å². The summed E-state index contributed by atoms with van der Waals surface area (Å²) in [6, 6.07) is 0.301. The zero-order valence-electron chi connectivity index (χ0n) is 8.98. The maximum Gasteiger partial charge on any atom is 0.212 e. The van der Waals surface area contributed by atoms with Crippen LogP contribution in [0.4, 0.5) is 0 Å². The minimum atomic E-state index is -3.05. The number of hydrogen-bond donors (Lipinski definition) is 2. The van der Waals surface area contributed by atoms with Crippen molar-refractivity contribution in [1.82, 2.24) is 4.72 Å². The summed E-state index contributed by atoms with van der Waals surface area (Å²) in [5.74, 6) is 0.704. The first-order valence-electron chi connectivity index (χ1n) is 5.81. The van der Waals surface area contributed by atoms with Crippen LogP contribution in [-0.2, 0) is 10.0 Å². The summed E-state index contributed by atoms with van der Waals surface area (Å²) >= 11 is 0. The monoisotopic (exact) mass is 232 g/mol. The minimum absolute atomic E-state index is 0.103. The first-order valence-corrected chi connectivity index (χ1v) is 7.46. The second-order valence-electron chi connectivity index (χ2n) is 4.98. The van der Waals surface area contributed by atoms with Gasteiger partial charge in [-0.05, 0) is 31.6 Å². The van der Waals surface area contributed by atoms with E-state index < -0.39 is 10.0 Å². The molecule has 2 saturated carbocycles. The van der Waals surface area contributed by atoms with Crippen molar-refractivity contribution in [2.24, 2.45) is 11.7 Å². The molecule has 0 atom stereocenters. The highest BCUT2D eigenvalue weighted by atomic mass is 32.2. The fourth-order valence-electron chi connectivity index (χ4n) is 2.55. The Morgan fingerprint density at radius 1 is 1.20 bits per heavy atom. The van der Waals surface area contributed by atoms with Crippen LogP contribution in [0.5, 0.6) is 0 Å². The van der Waals surface area contributed by atoms with Gasteiger partial charge in [0.2, 0.25) is 10.0 Å². The third kappa shape index (κ3) is 3.16. The largest absolute Gasteiger partial charge is 0.328 e. The Bertz CT molecular complexity index is 303. The molecule has 2 rings (SSSR count).